The number of carbonyl (C=O) groups excluding carboxylic acids is 1. The van der Waals surface area contributed by atoms with Crippen molar-refractivity contribution >= 4 is 16.7 Å². The second-order valence-electron chi connectivity index (χ2n) is 3.98. The van der Waals surface area contributed by atoms with E-state index in [2.05, 4.69) is 0 Å². The number of carbonyl (C=O) groups is 1. The first-order valence-corrected chi connectivity index (χ1v) is 5.33. The Morgan fingerprint density at radius 2 is 1.71 bits per heavy atom. The lowest BCUT2D eigenvalue weighted by atomic mass is 9.95. The second kappa shape index (κ2) is 3.38. The van der Waals surface area contributed by atoms with Crippen molar-refractivity contribution in [3.63, 3.8) is 0 Å². The molecular formula is C13H10O4. The van der Waals surface area contributed by atoms with Gasteiger partial charge in [0.1, 0.15) is 17.1 Å². The maximum Gasteiger partial charge on any atom is 0.342 e. The van der Waals surface area contributed by atoms with E-state index in [-0.39, 0.29) is 23.7 Å². The topological polar surface area (TPSA) is 66.8 Å². The fraction of sp³-hybridized carbons (Fsp3) is 0.154. The summed E-state index contributed by atoms with van der Waals surface area (Å²) in [7, 11) is 0. The Labute approximate surface area is 97.1 Å². The Hall–Kier alpha value is -2.23. The number of hydrogen-bond donors (Lipinski definition) is 2. The van der Waals surface area contributed by atoms with Crippen LogP contribution in [0.5, 0.6) is 11.5 Å². The van der Waals surface area contributed by atoms with Crippen molar-refractivity contribution in [2.75, 3.05) is 6.61 Å². The van der Waals surface area contributed by atoms with Crippen molar-refractivity contribution < 1.29 is 19.7 Å². The van der Waals surface area contributed by atoms with E-state index in [9.17, 15) is 15.0 Å². The van der Waals surface area contributed by atoms with Crippen LogP contribution in [0.25, 0.3) is 10.8 Å². The van der Waals surface area contributed by atoms with Crippen LogP contribution in [0, 0.1) is 0 Å². The second-order valence-corrected chi connectivity index (χ2v) is 3.98. The number of fused-ring (bicyclic) bond motifs is 2. The van der Waals surface area contributed by atoms with Crippen molar-refractivity contribution in [3.05, 3.63) is 35.4 Å². The number of rotatable bonds is 0. The molecule has 4 nitrogen and oxygen atoms in total. The van der Waals surface area contributed by atoms with Crippen molar-refractivity contribution in [2.24, 2.45) is 0 Å². The van der Waals surface area contributed by atoms with Crippen LogP contribution in [0.15, 0.2) is 24.3 Å². The van der Waals surface area contributed by atoms with Crippen molar-refractivity contribution in [2.45, 2.75) is 6.42 Å². The normalized spacial score (nSPS) is 14.5. The van der Waals surface area contributed by atoms with Gasteiger partial charge in [0.2, 0.25) is 0 Å². The third-order valence-electron chi connectivity index (χ3n) is 3.05. The van der Waals surface area contributed by atoms with Gasteiger partial charge in [-0.3, -0.25) is 0 Å². The van der Waals surface area contributed by atoms with E-state index in [1.165, 1.54) is 0 Å². The third-order valence-corrected chi connectivity index (χ3v) is 3.05. The van der Waals surface area contributed by atoms with Gasteiger partial charge in [-0.25, -0.2) is 4.79 Å². The maximum absolute atomic E-state index is 11.6. The number of phenolic OH excluding ortho intramolecular Hbond substituents is 2. The molecule has 3 rings (SSSR count). The van der Waals surface area contributed by atoms with Crippen molar-refractivity contribution in [3.8, 4) is 11.5 Å². The van der Waals surface area contributed by atoms with Gasteiger partial charge in [0.25, 0.3) is 0 Å². The fourth-order valence-corrected chi connectivity index (χ4v) is 2.24. The summed E-state index contributed by atoms with van der Waals surface area (Å²) in [4.78, 5) is 11.6. The molecule has 1 heterocycles. The minimum atomic E-state index is -0.579. The molecule has 86 valence electrons. The Morgan fingerprint density at radius 3 is 2.41 bits per heavy atom. The first-order valence-electron chi connectivity index (χ1n) is 5.33. The van der Waals surface area contributed by atoms with Crippen molar-refractivity contribution in [1.82, 2.24) is 0 Å². The number of aromatic hydroxyl groups is 2. The first-order chi connectivity index (χ1) is 8.20. The summed E-state index contributed by atoms with van der Waals surface area (Å²) in [5, 5.41) is 21.2. The number of esters is 1. The summed E-state index contributed by atoms with van der Waals surface area (Å²) in [6, 6.07) is 6.88. The zero-order chi connectivity index (χ0) is 12.0. The zero-order valence-electron chi connectivity index (χ0n) is 8.93. The summed E-state index contributed by atoms with van der Waals surface area (Å²) in [6.07, 6.45) is 0.422. The maximum atomic E-state index is 11.6. The lowest BCUT2D eigenvalue weighted by Gasteiger charge is -2.19. The Kier molecular flexibility index (Phi) is 1.98. The van der Waals surface area contributed by atoms with Gasteiger partial charge in [0, 0.05) is 22.8 Å². The van der Waals surface area contributed by atoms with Gasteiger partial charge in [-0.05, 0) is 0 Å². The minimum absolute atomic E-state index is 0.0602. The van der Waals surface area contributed by atoms with E-state index in [4.69, 9.17) is 4.74 Å². The predicted molar refractivity (Wildman–Crippen MR) is 61.3 cm³/mol. The van der Waals surface area contributed by atoms with Gasteiger partial charge in [-0.1, -0.05) is 24.3 Å². The summed E-state index contributed by atoms with van der Waals surface area (Å²) >= 11 is 0. The van der Waals surface area contributed by atoms with Crippen molar-refractivity contribution in [1.29, 1.82) is 0 Å². The van der Waals surface area contributed by atoms with Crippen LogP contribution in [-0.2, 0) is 11.2 Å². The van der Waals surface area contributed by atoms with Crippen LogP contribution in [0.4, 0.5) is 0 Å². The molecule has 1 aliphatic heterocycles. The zero-order valence-corrected chi connectivity index (χ0v) is 8.93. The molecule has 0 aromatic heterocycles. The van der Waals surface area contributed by atoms with Gasteiger partial charge in [0.15, 0.2) is 0 Å². The van der Waals surface area contributed by atoms with Gasteiger partial charge >= 0.3 is 5.97 Å². The van der Waals surface area contributed by atoms with E-state index in [1.54, 1.807) is 24.3 Å². The average Bonchev–Trinajstić information content (AvgIpc) is 2.36. The third kappa shape index (κ3) is 1.27. The highest BCUT2D eigenvalue weighted by molar-refractivity contribution is 6.06. The van der Waals surface area contributed by atoms with Gasteiger partial charge in [0.05, 0.1) is 6.61 Å². The number of benzene rings is 2. The van der Waals surface area contributed by atoms with E-state index in [1.807, 2.05) is 0 Å². The SMILES string of the molecule is O=C1OCCc2c1c(O)c1ccccc1c2O. The van der Waals surface area contributed by atoms with Gasteiger partial charge < -0.3 is 14.9 Å². The molecule has 0 radical (unpaired) electrons. The minimum Gasteiger partial charge on any atom is -0.507 e. The quantitative estimate of drug-likeness (QED) is 0.536. The van der Waals surface area contributed by atoms with Crippen LogP contribution >= 0.6 is 0 Å². The lowest BCUT2D eigenvalue weighted by Crippen LogP contribution is -2.18. The molecular weight excluding hydrogens is 220 g/mol. The molecule has 0 saturated carbocycles. The number of hydrogen-bond acceptors (Lipinski definition) is 4. The molecule has 0 amide bonds. The van der Waals surface area contributed by atoms with Crippen LogP contribution in [-0.4, -0.2) is 22.8 Å². The predicted octanol–water partition coefficient (Wildman–Crippen LogP) is 1.96. The monoisotopic (exact) mass is 230 g/mol. The summed E-state index contributed by atoms with van der Waals surface area (Å²) in [5.74, 6) is -0.632. The van der Waals surface area contributed by atoms with Gasteiger partial charge in [-0.2, -0.15) is 0 Å². The Bertz CT molecular complexity index is 631. The average molecular weight is 230 g/mol. The molecule has 2 aromatic carbocycles. The highest BCUT2D eigenvalue weighted by Gasteiger charge is 2.27. The number of ether oxygens (including phenoxy) is 1. The molecule has 0 fully saturated rings. The van der Waals surface area contributed by atoms with E-state index in [0.717, 1.165) is 0 Å². The lowest BCUT2D eigenvalue weighted by molar-refractivity contribution is 0.0474. The van der Waals surface area contributed by atoms with E-state index >= 15 is 0 Å². The first kappa shape index (κ1) is 9.96. The highest BCUT2D eigenvalue weighted by Crippen LogP contribution is 2.41. The summed E-state index contributed by atoms with van der Waals surface area (Å²) in [5.41, 5.74) is 0.560. The number of cyclic esters (lactones) is 1. The molecule has 0 aliphatic carbocycles. The molecule has 0 saturated heterocycles. The van der Waals surface area contributed by atoms with Crippen LogP contribution in [0.2, 0.25) is 0 Å². The van der Waals surface area contributed by atoms with E-state index < -0.39 is 5.97 Å². The van der Waals surface area contributed by atoms with Crippen LogP contribution in [0.3, 0.4) is 0 Å². The molecule has 0 atom stereocenters. The Balaban J connectivity index is 2.48. The molecule has 0 bridgehead atoms. The molecule has 1 aliphatic rings. The highest BCUT2D eigenvalue weighted by atomic mass is 16.5. The molecule has 0 unspecified atom stereocenters. The standard InChI is InChI=1S/C13H10O4/c14-11-7-3-1-2-4-8(7)12(15)10-9(11)5-6-17-13(10)16/h1-4,14-15H,5-6H2. The van der Waals surface area contributed by atoms with Crippen LogP contribution in [0.1, 0.15) is 15.9 Å². The largest absolute Gasteiger partial charge is 0.507 e. The summed E-state index contributed by atoms with van der Waals surface area (Å²) in [6.45, 7) is 0.233. The molecule has 4 heteroatoms. The summed E-state index contributed by atoms with van der Waals surface area (Å²) < 4.78 is 4.88. The molecule has 2 N–H and O–H groups in total. The number of phenols is 2. The van der Waals surface area contributed by atoms with Gasteiger partial charge in [-0.15, -0.1) is 0 Å². The molecule has 0 spiro atoms. The molecule has 2 aromatic rings. The van der Waals surface area contributed by atoms with E-state index in [0.29, 0.717) is 22.8 Å². The Morgan fingerprint density at radius 1 is 1.06 bits per heavy atom. The smallest absolute Gasteiger partial charge is 0.342 e. The molecule has 17 heavy (non-hydrogen) atoms. The fourth-order valence-electron chi connectivity index (χ4n) is 2.24. The van der Waals surface area contributed by atoms with Crippen LogP contribution < -0.4 is 0 Å².